The fourth-order valence-corrected chi connectivity index (χ4v) is 5.66. The summed E-state index contributed by atoms with van der Waals surface area (Å²) < 4.78 is 42.9. The van der Waals surface area contributed by atoms with Crippen LogP contribution in [0.3, 0.4) is 0 Å². The molecule has 7 nitrogen and oxygen atoms in total. The molecule has 4 rings (SSSR count). The number of aromatic nitrogens is 2. The Morgan fingerprint density at radius 3 is 2.70 bits per heavy atom. The second-order valence-corrected chi connectivity index (χ2v) is 8.97. The lowest BCUT2D eigenvalue weighted by Crippen LogP contribution is -2.30. The molecule has 1 aliphatic rings. The van der Waals surface area contributed by atoms with Crippen LogP contribution >= 0.6 is 0 Å². The lowest BCUT2D eigenvalue weighted by Gasteiger charge is -2.19. The number of halogens is 1. The van der Waals surface area contributed by atoms with Gasteiger partial charge in [0, 0.05) is 12.2 Å². The van der Waals surface area contributed by atoms with Crippen molar-refractivity contribution in [1.82, 2.24) is 9.78 Å². The van der Waals surface area contributed by atoms with Crippen molar-refractivity contribution in [3.8, 4) is 0 Å². The zero-order chi connectivity index (χ0) is 21.5. The van der Waals surface area contributed by atoms with Crippen LogP contribution in [0.1, 0.15) is 17.0 Å². The number of nitrogens with zero attached hydrogens (tertiary/aromatic N) is 3. The number of aryl methyl sites for hydroxylation is 1. The Morgan fingerprint density at radius 1 is 1.17 bits per heavy atom. The maximum Gasteiger partial charge on any atom is 0.268 e. The minimum Gasteiger partial charge on any atom is -0.324 e. The summed E-state index contributed by atoms with van der Waals surface area (Å²) in [5.41, 5.74) is 2.69. The van der Waals surface area contributed by atoms with E-state index in [1.54, 1.807) is 26.0 Å². The molecule has 1 N–H and O–H groups in total. The Kier molecular flexibility index (Phi) is 5.07. The fourth-order valence-electron chi connectivity index (χ4n) is 3.78. The molecular weight excluding hydrogens is 407 g/mol. The number of amides is 1. The maximum absolute atomic E-state index is 13.4. The molecule has 0 spiro atoms. The normalized spacial score (nSPS) is 13.4. The third-order valence-electron chi connectivity index (χ3n) is 5.11. The zero-order valence-electron chi connectivity index (χ0n) is 16.6. The number of carbonyl (C=O) groups is 1. The van der Waals surface area contributed by atoms with E-state index in [1.165, 1.54) is 27.2 Å². The van der Waals surface area contributed by atoms with Gasteiger partial charge in [0.25, 0.3) is 10.0 Å². The van der Waals surface area contributed by atoms with E-state index in [9.17, 15) is 17.6 Å². The molecule has 1 aliphatic heterocycles. The summed E-state index contributed by atoms with van der Waals surface area (Å²) in [4.78, 5) is 12.5. The molecule has 0 fully saturated rings. The predicted molar refractivity (Wildman–Crippen MR) is 111 cm³/mol. The van der Waals surface area contributed by atoms with E-state index in [0.29, 0.717) is 35.7 Å². The number of sulfonamides is 1. The lowest BCUT2D eigenvalue weighted by atomic mass is 10.2. The van der Waals surface area contributed by atoms with Gasteiger partial charge in [0.1, 0.15) is 17.3 Å². The monoisotopic (exact) mass is 428 g/mol. The van der Waals surface area contributed by atoms with E-state index in [2.05, 4.69) is 10.4 Å². The number of benzene rings is 2. The molecule has 0 unspecified atom stereocenters. The first-order chi connectivity index (χ1) is 14.3. The molecule has 3 aromatic rings. The highest BCUT2D eigenvalue weighted by Gasteiger charge is 2.35. The smallest absolute Gasteiger partial charge is 0.268 e. The standard InChI is InChI=1S/C21H21FN4O3S/c1-14-21(30(28,29)26-11-10-16-6-3-4-9-19(16)26)15(2)25(24-14)13-20(27)23-18-8-5-7-17(22)12-18/h3-9,12H,10-11,13H2,1-2H3,(H,23,27). The first-order valence-electron chi connectivity index (χ1n) is 9.47. The van der Waals surface area contributed by atoms with Crippen molar-refractivity contribution < 1.29 is 17.6 Å². The fraction of sp³-hybridized carbons (Fsp3) is 0.238. The Morgan fingerprint density at radius 2 is 1.93 bits per heavy atom. The highest BCUT2D eigenvalue weighted by Crippen LogP contribution is 2.34. The van der Waals surface area contributed by atoms with E-state index in [4.69, 9.17) is 0 Å². The van der Waals surface area contributed by atoms with E-state index >= 15 is 0 Å². The van der Waals surface area contributed by atoms with Gasteiger partial charge in [-0.25, -0.2) is 12.8 Å². The van der Waals surface area contributed by atoms with Crippen molar-refractivity contribution in [2.24, 2.45) is 0 Å². The van der Waals surface area contributed by atoms with Crippen LogP contribution in [-0.2, 0) is 27.8 Å². The van der Waals surface area contributed by atoms with Gasteiger partial charge in [-0.15, -0.1) is 0 Å². The van der Waals surface area contributed by atoms with Crippen LogP contribution in [0.25, 0.3) is 0 Å². The van der Waals surface area contributed by atoms with Crippen LogP contribution in [0.4, 0.5) is 15.8 Å². The van der Waals surface area contributed by atoms with Crippen LogP contribution in [-0.4, -0.2) is 30.7 Å². The molecule has 0 radical (unpaired) electrons. The number of rotatable bonds is 5. The molecule has 0 saturated carbocycles. The summed E-state index contributed by atoms with van der Waals surface area (Å²) in [5, 5.41) is 6.87. The first kappa shape index (κ1) is 20.1. The molecule has 0 saturated heterocycles. The van der Waals surface area contributed by atoms with Gasteiger partial charge in [-0.1, -0.05) is 24.3 Å². The topological polar surface area (TPSA) is 84.3 Å². The highest BCUT2D eigenvalue weighted by molar-refractivity contribution is 7.93. The molecular formula is C21H21FN4O3S. The van der Waals surface area contributed by atoms with E-state index in [1.807, 2.05) is 18.2 Å². The Bertz CT molecular complexity index is 1240. The minimum atomic E-state index is -3.82. The van der Waals surface area contributed by atoms with Gasteiger partial charge in [-0.2, -0.15) is 5.10 Å². The van der Waals surface area contributed by atoms with Gasteiger partial charge in [-0.3, -0.25) is 13.8 Å². The number of nitrogens with one attached hydrogen (secondary N) is 1. The SMILES string of the molecule is Cc1nn(CC(=O)Nc2cccc(F)c2)c(C)c1S(=O)(=O)N1CCc2ccccc21. The zero-order valence-corrected chi connectivity index (χ0v) is 17.4. The molecule has 0 aliphatic carbocycles. The van der Waals surface area contributed by atoms with Crippen molar-refractivity contribution in [3.05, 3.63) is 71.3 Å². The molecule has 9 heteroatoms. The second-order valence-electron chi connectivity index (χ2n) is 7.17. The molecule has 1 aromatic heterocycles. The number of hydrogen-bond donors (Lipinski definition) is 1. The van der Waals surface area contributed by atoms with Crippen LogP contribution in [0, 0.1) is 19.7 Å². The Hall–Kier alpha value is -3.20. The number of anilines is 2. The first-order valence-corrected chi connectivity index (χ1v) is 10.9. The second kappa shape index (κ2) is 7.56. The molecule has 1 amide bonds. The van der Waals surface area contributed by atoms with Crippen LogP contribution in [0.15, 0.2) is 53.4 Å². The third-order valence-corrected chi connectivity index (χ3v) is 7.18. The summed E-state index contributed by atoms with van der Waals surface area (Å²) in [6, 6.07) is 13.0. The quantitative estimate of drug-likeness (QED) is 0.677. The molecule has 2 aromatic carbocycles. The van der Waals surface area contributed by atoms with Crippen molar-refractivity contribution in [2.75, 3.05) is 16.2 Å². The molecule has 0 atom stereocenters. The van der Waals surface area contributed by atoms with Gasteiger partial charge in [0.2, 0.25) is 5.91 Å². The average Bonchev–Trinajstić information content (AvgIpc) is 3.23. The summed E-state index contributed by atoms with van der Waals surface area (Å²) in [6.07, 6.45) is 0.650. The van der Waals surface area contributed by atoms with Gasteiger partial charge in [0.15, 0.2) is 0 Å². The molecule has 30 heavy (non-hydrogen) atoms. The average molecular weight is 428 g/mol. The predicted octanol–water partition coefficient (Wildman–Crippen LogP) is 3.03. The van der Waals surface area contributed by atoms with Gasteiger partial charge < -0.3 is 5.32 Å². The minimum absolute atomic E-state index is 0.109. The number of para-hydroxylation sites is 1. The molecule has 0 bridgehead atoms. The summed E-state index contributed by atoms with van der Waals surface area (Å²) in [5.74, 6) is -0.889. The van der Waals surface area contributed by atoms with Crippen LogP contribution in [0.2, 0.25) is 0 Å². The van der Waals surface area contributed by atoms with E-state index in [0.717, 1.165) is 5.56 Å². The van der Waals surface area contributed by atoms with Crippen molar-refractivity contribution in [2.45, 2.75) is 31.7 Å². The summed E-state index contributed by atoms with van der Waals surface area (Å²) >= 11 is 0. The molecule has 156 valence electrons. The Labute approximate surface area is 174 Å². The lowest BCUT2D eigenvalue weighted by molar-refractivity contribution is -0.116. The maximum atomic E-state index is 13.4. The Balaban J connectivity index is 1.60. The van der Waals surface area contributed by atoms with Crippen molar-refractivity contribution in [1.29, 1.82) is 0 Å². The van der Waals surface area contributed by atoms with Crippen molar-refractivity contribution in [3.63, 3.8) is 0 Å². The van der Waals surface area contributed by atoms with E-state index in [-0.39, 0.29) is 11.4 Å². The number of fused-ring (bicyclic) bond motifs is 1. The third kappa shape index (κ3) is 3.56. The largest absolute Gasteiger partial charge is 0.324 e. The summed E-state index contributed by atoms with van der Waals surface area (Å²) in [6.45, 7) is 3.42. The van der Waals surface area contributed by atoms with Gasteiger partial charge in [-0.05, 0) is 50.1 Å². The van der Waals surface area contributed by atoms with E-state index < -0.39 is 21.7 Å². The van der Waals surface area contributed by atoms with Crippen molar-refractivity contribution >= 4 is 27.3 Å². The molecule has 2 heterocycles. The van der Waals surface area contributed by atoms with Gasteiger partial charge in [0.05, 0.1) is 17.1 Å². The summed E-state index contributed by atoms with van der Waals surface area (Å²) in [7, 11) is -3.82. The van der Waals surface area contributed by atoms with Gasteiger partial charge >= 0.3 is 0 Å². The number of hydrogen-bond acceptors (Lipinski definition) is 4. The van der Waals surface area contributed by atoms with Crippen LogP contribution in [0.5, 0.6) is 0 Å². The number of carbonyl (C=O) groups excluding carboxylic acids is 1. The van der Waals surface area contributed by atoms with Crippen LogP contribution < -0.4 is 9.62 Å². The highest BCUT2D eigenvalue weighted by atomic mass is 32.2.